The third kappa shape index (κ3) is 3.59. The third-order valence-electron chi connectivity index (χ3n) is 2.86. The number of aryl methyl sites for hydroxylation is 1. The Morgan fingerprint density at radius 3 is 2.53 bits per heavy atom. The lowest BCUT2D eigenvalue weighted by Gasteiger charge is -2.11. The molecule has 0 aromatic heterocycles. The fraction of sp³-hybridized carbons (Fsp3) is 0.200. The quantitative estimate of drug-likeness (QED) is 0.604. The van der Waals surface area contributed by atoms with Crippen LogP contribution in [-0.2, 0) is 6.42 Å². The zero-order valence-corrected chi connectivity index (χ0v) is 12.9. The lowest BCUT2D eigenvalue weighted by Crippen LogP contribution is -1.98. The monoisotopic (exact) mass is 370 g/mol. The van der Waals surface area contributed by atoms with Crippen LogP contribution < -0.4 is 11.1 Å². The molecular weight excluding hydrogens is 354 g/mol. The molecule has 0 fully saturated rings. The fourth-order valence-corrected chi connectivity index (χ4v) is 2.36. The minimum Gasteiger partial charge on any atom is -0.397 e. The first-order valence-electron chi connectivity index (χ1n) is 6.20. The highest BCUT2D eigenvalue weighted by molar-refractivity contribution is 14.1. The minimum atomic E-state index is -0.264. The highest BCUT2D eigenvalue weighted by Gasteiger charge is 2.06. The van der Waals surface area contributed by atoms with Gasteiger partial charge in [0, 0.05) is 11.8 Å². The molecule has 0 aliphatic carbocycles. The molecule has 2 rings (SSSR count). The van der Waals surface area contributed by atoms with E-state index in [2.05, 4.69) is 24.4 Å². The molecule has 0 radical (unpaired) electrons. The van der Waals surface area contributed by atoms with Gasteiger partial charge < -0.3 is 11.1 Å². The fourth-order valence-electron chi connectivity index (χ4n) is 1.87. The Labute approximate surface area is 126 Å². The van der Waals surface area contributed by atoms with E-state index in [9.17, 15) is 4.39 Å². The number of benzene rings is 2. The second-order valence-corrected chi connectivity index (χ2v) is 5.59. The number of hydrogen-bond donors (Lipinski definition) is 2. The minimum absolute atomic E-state index is 0.264. The molecule has 3 N–H and O–H groups in total. The zero-order valence-electron chi connectivity index (χ0n) is 10.7. The van der Waals surface area contributed by atoms with Gasteiger partial charge in [-0.05, 0) is 52.8 Å². The van der Waals surface area contributed by atoms with Gasteiger partial charge >= 0.3 is 0 Å². The summed E-state index contributed by atoms with van der Waals surface area (Å²) in [5.41, 5.74) is 9.24. The van der Waals surface area contributed by atoms with E-state index in [1.54, 1.807) is 6.07 Å². The van der Waals surface area contributed by atoms with E-state index in [0.29, 0.717) is 14.9 Å². The molecule has 0 heterocycles. The van der Waals surface area contributed by atoms with Crippen LogP contribution in [0.3, 0.4) is 0 Å². The van der Waals surface area contributed by atoms with Gasteiger partial charge in [0.25, 0.3) is 0 Å². The Hall–Kier alpha value is -1.30. The maximum absolute atomic E-state index is 13.5. The molecule has 19 heavy (non-hydrogen) atoms. The van der Waals surface area contributed by atoms with Crippen LogP contribution >= 0.6 is 22.6 Å². The van der Waals surface area contributed by atoms with E-state index in [4.69, 9.17) is 5.73 Å². The summed E-state index contributed by atoms with van der Waals surface area (Å²) in [6.45, 7) is 2.15. The van der Waals surface area contributed by atoms with E-state index in [0.717, 1.165) is 18.5 Å². The Balaban J connectivity index is 2.19. The normalized spacial score (nSPS) is 10.5. The predicted molar refractivity (Wildman–Crippen MR) is 87.2 cm³/mol. The van der Waals surface area contributed by atoms with Crippen LogP contribution in [-0.4, -0.2) is 0 Å². The smallest absolute Gasteiger partial charge is 0.138 e. The first-order chi connectivity index (χ1) is 9.10. The van der Waals surface area contributed by atoms with Gasteiger partial charge in [-0.25, -0.2) is 4.39 Å². The van der Waals surface area contributed by atoms with Crippen molar-refractivity contribution in [3.8, 4) is 0 Å². The van der Waals surface area contributed by atoms with Gasteiger partial charge in [-0.1, -0.05) is 25.5 Å². The first-order valence-corrected chi connectivity index (χ1v) is 7.28. The predicted octanol–water partition coefficient (Wildman–Crippen LogP) is 4.71. The van der Waals surface area contributed by atoms with Gasteiger partial charge in [-0.15, -0.1) is 0 Å². The number of nitrogen functional groups attached to an aromatic ring is 1. The number of nitrogens with one attached hydrogen (secondary N) is 1. The second-order valence-electron chi connectivity index (χ2n) is 4.43. The summed E-state index contributed by atoms with van der Waals surface area (Å²) in [4.78, 5) is 0. The third-order valence-corrected chi connectivity index (χ3v) is 3.69. The van der Waals surface area contributed by atoms with E-state index in [1.165, 1.54) is 11.6 Å². The molecule has 0 unspecified atom stereocenters. The molecule has 0 aliphatic heterocycles. The zero-order chi connectivity index (χ0) is 13.8. The Morgan fingerprint density at radius 1 is 1.21 bits per heavy atom. The van der Waals surface area contributed by atoms with E-state index >= 15 is 0 Å². The molecular formula is C15H16FIN2. The van der Waals surface area contributed by atoms with Crippen molar-refractivity contribution in [1.82, 2.24) is 0 Å². The summed E-state index contributed by atoms with van der Waals surface area (Å²) in [6, 6.07) is 11.2. The molecule has 0 spiro atoms. The summed E-state index contributed by atoms with van der Waals surface area (Å²) in [6.07, 6.45) is 2.20. The van der Waals surface area contributed by atoms with Crippen LogP contribution in [0.2, 0.25) is 0 Å². The molecule has 0 bridgehead atoms. The number of rotatable bonds is 4. The lowest BCUT2D eigenvalue weighted by molar-refractivity contribution is 0.621. The van der Waals surface area contributed by atoms with Crippen LogP contribution in [0, 0.1) is 9.39 Å². The van der Waals surface area contributed by atoms with Crippen molar-refractivity contribution in [2.75, 3.05) is 11.1 Å². The molecule has 0 saturated carbocycles. The summed E-state index contributed by atoms with van der Waals surface area (Å²) < 4.78 is 14.1. The van der Waals surface area contributed by atoms with E-state index in [1.807, 2.05) is 34.7 Å². The number of hydrogen-bond acceptors (Lipinski definition) is 2. The maximum atomic E-state index is 13.5. The molecule has 0 atom stereocenters. The van der Waals surface area contributed by atoms with Crippen molar-refractivity contribution in [1.29, 1.82) is 0 Å². The molecule has 0 amide bonds. The van der Waals surface area contributed by atoms with Gasteiger partial charge in [0.05, 0.1) is 14.9 Å². The summed E-state index contributed by atoms with van der Waals surface area (Å²) in [5.74, 6) is -0.264. The van der Waals surface area contributed by atoms with E-state index in [-0.39, 0.29) is 5.82 Å². The van der Waals surface area contributed by atoms with Gasteiger partial charge in [-0.2, -0.15) is 0 Å². The second kappa shape index (κ2) is 6.23. The van der Waals surface area contributed by atoms with Crippen molar-refractivity contribution in [3.63, 3.8) is 0 Å². The van der Waals surface area contributed by atoms with Gasteiger partial charge in [0.15, 0.2) is 0 Å². The standard InChI is InChI=1S/C15H16FIN2/c1-2-3-10-4-6-11(7-5-10)19-15-8-12(16)13(17)9-14(15)18/h4-9,19H,2-3,18H2,1H3. The Bertz CT molecular complexity index is 567. The molecule has 4 heteroatoms. The van der Waals surface area contributed by atoms with Gasteiger partial charge in [-0.3, -0.25) is 0 Å². The van der Waals surface area contributed by atoms with Crippen molar-refractivity contribution in [2.24, 2.45) is 0 Å². The van der Waals surface area contributed by atoms with Crippen molar-refractivity contribution >= 4 is 39.7 Å². The number of halogens is 2. The Kier molecular flexibility index (Phi) is 4.63. The molecule has 100 valence electrons. The van der Waals surface area contributed by atoms with Crippen LogP contribution in [0.15, 0.2) is 36.4 Å². The van der Waals surface area contributed by atoms with Crippen LogP contribution in [0.5, 0.6) is 0 Å². The van der Waals surface area contributed by atoms with E-state index < -0.39 is 0 Å². The molecule has 0 aliphatic rings. The highest BCUT2D eigenvalue weighted by Crippen LogP contribution is 2.27. The lowest BCUT2D eigenvalue weighted by atomic mass is 10.1. The highest BCUT2D eigenvalue weighted by atomic mass is 127. The number of nitrogens with two attached hydrogens (primary N) is 1. The summed E-state index contributed by atoms with van der Waals surface area (Å²) >= 11 is 1.93. The summed E-state index contributed by atoms with van der Waals surface area (Å²) in [7, 11) is 0. The molecule has 2 nitrogen and oxygen atoms in total. The SMILES string of the molecule is CCCc1ccc(Nc2cc(F)c(I)cc2N)cc1. The van der Waals surface area contributed by atoms with Gasteiger partial charge in [0.1, 0.15) is 5.82 Å². The average Bonchev–Trinajstić information content (AvgIpc) is 2.38. The van der Waals surface area contributed by atoms with Crippen LogP contribution in [0.1, 0.15) is 18.9 Å². The Morgan fingerprint density at radius 2 is 1.89 bits per heavy atom. The summed E-state index contributed by atoms with van der Waals surface area (Å²) in [5, 5.41) is 3.14. The largest absolute Gasteiger partial charge is 0.397 e. The maximum Gasteiger partial charge on any atom is 0.138 e. The number of anilines is 3. The van der Waals surface area contributed by atoms with Crippen molar-refractivity contribution in [3.05, 3.63) is 51.3 Å². The topological polar surface area (TPSA) is 38.0 Å². The average molecular weight is 370 g/mol. The molecule has 2 aromatic rings. The van der Waals surface area contributed by atoms with Crippen LogP contribution in [0.25, 0.3) is 0 Å². The van der Waals surface area contributed by atoms with Gasteiger partial charge in [0.2, 0.25) is 0 Å². The molecule has 0 saturated heterocycles. The van der Waals surface area contributed by atoms with Crippen molar-refractivity contribution < 1.29 is 4.39 Å². The van der Waals surface area contributed by atoms with Crippen molar-refractivity contribution in [2.45, 2.75) is 19.8 Å². The van der Waals surface area contributed by atoms with Crippen LogP contribution in [0.4, 0.5) is 21.5 Å². The molecule has 2 aromatic carbocycles. The first kappa shape index (κ1) is 14.1.